The fourth-order valence-corrected chi connectivity index (χ4v) is 3.51. The summed E-state index contributed by atoms with van der Waals surface area (Å²) >= 11 is 6.14. The highest BCUT2D eigenvalue weighted by Gasteiger charge is 2.48. The molecule has 0 radical (unpaired) electrons. The molecule has 0 saturated carbocycles. The summed E-state index contributed by atoms with van der Waals surface area (Å²) in [7, 11) is 0. The first kappa shape index (κ1) is 13.3. The molecule has 1 aromatic heterocycles. The molecule has 2 aliphatic carbocycles. The van der Waals surface area contributed by atoms with Crippen LogP contribution in [-0.4, -0.2) is 10.9 Å². The van der Waals surface area contributed by atoms with Crippen LogP contribution in [0.4, 0.5) is 0 Å². The third-order valence-electron chi connectivity index (χ3n) is 4.39. The Morgan fingerprint density at radius 1 is 1.36 bits per heavy atom. The molecule has 4 rings (SSSR count). The molecule has 1 spiro atoms. The van der Waals surface area contributed by atoms with Crippen LogP contribution < -0.4 is 5.32 Å². The van der Waals surface area contributed by atoms with Crippen molar-refractivity contribution in [3.05, 3.63) is 82.8 Å². The van der Waals surface area contributed by atoms with Gasteiger partial charge in [-0.15, -0.1) is 0 Å². The summed E-state index contributed by atoms with van der Waals surface area (Å²) in [5, 5.41) is 3.60. The molecule has 3 aliphatic rings. The van der Waals surface area contributed by atoms with Gasteiger partial charge in [-0.2, -0.15) is 0 Å². The van der Waals surface area contributed by atoms with Crippen molar-refractivity contribution in [3.63, 3.8) is 0 Å². The fourth-order valence-electron chi connectivity index (χ4n) is 3.31. The number of carbonyl (C=O) groups excluding carboxylic acids is 1. The summed E-state index contributed by atoms with van der Waals surface area (Å²) in [6.07, 6.45) is 15.6. The third kappa shape index (κ3) is 1.76. The number of carbonyl (C=O) groups is 1. The zero-order valence-corrected chi connectivity index (χ0v) is 12.5. The van der Waals surface area contributed by atoms with Gasteiger partial charge in [0.05, 0.1) is 0 Å². The number of aromatic nitrogens is 1. The Morgan fingerprint density at radius 3 is 3.09 bits per heavy atom. The maximum absolute atomic E-state index is 12.7. The highest BCUT2D eigenvalue weighted by atomic mass is 35.5. The standard InChI is InChI=1S/C18H13ClN2O/c19-14-6-7-18-13(9-14)4-1-5-16(18)15(11-21-17(18)22)12-3-2-8-20-10-12/h1-6,8-11H,7H2,(H,21,22). The molecule has 0 aromatic carbocycles. The van der Waals surface area contributed by atoms with Gasteiger partial charge in [-0.05, 0) is 29.7 Å². The summed E-state index contributed by atoms with van der Waals surface area (Å²) < 4.78 is 0. The number of rotatable bonds is 1. The number of pyridine rings is 1. The summed E-state index contributed by atoms with van der Waals surface area (Å²) in [4.78, 5) is 16.9. The maximum Gasteiger partial charge on any atom is 0.239 e. The lowest BCUT2D eigenvalue weighted by Crippen LogP contribution is -2.46. The Hall–Kier alpha value is -2.39. The van der Waals surface area contributed by atoms with Crippen molar-refractivity contribution >= 4 is 23.1 Å². The van der Waals surface area contributed by atoms with Gasteiger partial charge < -0.3 is 5.32 Å². The fraction of sp³-hybridized carbons (Fsp3) is 0.111. The van der Waals surface area contributed by atoms with Gasteiger partial charge in [-0.25, -0.2) is 0 Å². The molecular weight excluding hydrogens is 296 g/mol. The van der Waals surface area contributed by atoms with Crippen LogP contribution in [0.1, 0.15) is 12.0 Å². The van der Waals surface area contributed by atoms with Gasteiger partial charge in [0.1, 0.15) is 5.41 Å². The Bertz CT molecular complexity index is 815. The SMILES string of the molecule is O=C1NC=C(c2cccnc2)C2=CC=CC3=CC(Cl)=CCC132. The molecular formula is C18H13ClN2O. The molecule has 0 fully saturated rings. The number of nitrogens with zero attached hydrogens (tertiary/aromatic N) is 1. The van der Waals surface area contributed by atoms with E-state index in [0.717, 1.165) is 22.3 Å². The second-order valence-corrected chi connectivity index (χ2v) is 5.95. The molecule has 0 bridgehead atoms. The van der Waals surface area contributed by atoms with Gasteiger partial charge in [0.15, 0.2) is 0 Å². The summed E-state index contributed by atoms with van der Waals surface area (Å²) in [5.41, 5.74) is 3.23. The molecule has 1 aliphatic heterocycles. The molecule has 1 aromatic rings. The molecule has 1 atom stereocenters. The highest BCUT2D eigenvalue weighted by Crippen LogP contribution is 2.52. The zero-order valence-electron chi connectivity index (χ0n) is 11.7. The second kappa shape index (κ2) is 4.82. The van der Waals surface area contributed by atoms with Gasteiger partial charge >= 0.3 is 0 Å². The molecule has 1 unspecified atom stereocenters. The molecule has 0 saturated heterocycles. The van der Waals surface area contributed by atoms with Gasteiger partial charge in [0.25, 0.3) is 0 Å². The molecule has 22 heavy (non-hydrogen) atoms. The van der Waals surface area contributed by atoms with E-state index in [4.69, 9.17) is 11.6 Å². The van der Waals surface area contributed by atoms with E-state index >= 15 is 0 Å². The molecule has 3 nitrogen and oxygen atoms in total. The van der Waals surface area contributed by atoms with Gasteiger partial charge in [0, 0.05) is 34.8 Å². The van der Waals surface area contributed by atoms with E-state index in [0.29, 0.717) is 11.5 Å². The molecule has 1 N–H and O–H groups in total. The Morgan fingerprint density at radius 2 is 2.27 bits per heavy atom. The molecule has 2 heterocycles. The Kier molecular flexibility index (Phi) is 2.91. The molecule has 4 heteroatoms. The summed E-state index contributed by atoms with van der Waals surface area (Å²) in [6.45, 7) is 0. The Labute approximate surface area is 133 Å². The predicted molar refractivity (Wildman–Crippen MR) is 86.6 cm³/mol. The average Bonchev–Trinajstić information content (AvgIpc) is 2.55. The van der Waals surface area contributed by atoms with Crippen LogP contribution >= 0.6 is 11.6 Å². The normalized spacial score (nSPS) is 26.0. The van der Waals surface area contributed by atoms with Crippen molar-refractivity contribution < 1.29 is 4.79 Å². The van der Waals surface area contributed by atoms with Crippen molar-refractivity contribution in [1.82, 2.24) is 10.3 Å². The monoisotopic (exact) mass is 308 g/mol. The summed E-state index contributed by atoms with van der Waals surface area (Å²) in [6, 6.07) is 3.89. The van der Waals surface area contributed by atoms with E-state index in [1.165, 1.54) is 0 Å². The number of allylic oxidation sites excluding steroid dienone is 7. The first-order chi connectivity index (χ1) is 10.7. The van der Waals surface area contributed by atoms with E-state index in [9.17, 15) is 4.79 Å². The van der Waals surface area contributed by atoms with E-state index in [-0.39, 0.29) is 5.91 Å². The predicted octanol–water partition coefficient (Wildman–Crippen LogP) is 3.49. The second-order valence-electron chi connectivity index (χ2n) is 5.51. The lowest BCUT2D eigenvalue weighted by Gasteiger charge is -2.42. The molecule has 1 amide bonds. The maximum atomic E-state index is 12.7. The number of nitrogens with one attached hydrogen (secondary N) is 1. The minimum atomic E-state index is -0.687. The minimum Gasteiger partial charge on any atom is -0.331 e. The van der Waals surface area contributed by atoms with Gasteiger partial charge in [-0.3, -0.25) is 9.78 Å². The van der Waals surface area contributed by atoms with Crippen molar-refractivity contribution in [2.24, 2.45) is 5.41 Å². The molecule has 108 valence electrons. The van der Waals surface area contributed by atoms with E-state index in [1.54, 1.807) is 12.4 Å². The van der Waals surface area contributed by atoms with Crippen molar-refractivity contribution in [2.75, 3.05) is 0 Å². The lowest BCUT2D eigenvalue weighted by atomic mass is 9.63. The number of amides is 1. The number of halogens is 1. The first-order valence-electron chi connectivity index (χ1n) is 7.10. The van der Waals surface area contributed by atoms with Crippen LogP contribution in [0, 0.1) is 5.41 Å². The van der Waals surface area contributed by atoms with Crippen LogP contribution in [0.15, 0.2) is 77.3 Å². The van der Waals surface area contributed by atoms with Gasteiger partial charge in [0.2, 0.25) is 5.91 Å². The highest BCUT2D eigenvalue weighted by molar-refractivity contribution is 6.31. The van der Waals surface area contributed by atoms with E-state index in [1.807, 2.05) is 48.7 Å². The van der Waals surface area contributed by atoms with Crippen LogP contribution in [0.25, 0.3) is 5.57 Å². The lowest BCUT2D eigenvalue weighted by molar-refractivity contribution is -0.126. The summed E-state index contributed by atoms with van der Waals surface area (Å²) in [5.74, 6) is -0.0117. The zero-order chi connectivity index (χ0) is 15.2. The Balaban J connectivity index is 1.91. The number of hydrogen-bond donors (Lipinski definition) is 1. The average molecular weight is 309 g/mol. The number of hydrogen-bond acceptors (Lipinski definition) is 2. The van der Waals surface area contributed by atoms with Crippen molar-refractivity contribution in [1.29, 1.82) is 0 Å². The van der Waals surface area contributed by atoms with Crippen LogP contribution in [0.5, 0.6) is 0 Å². The van der Waals surface area contributed by atoms with E-state index in [2.05, 4.69) is 10.3 Å². The first-order valence-corrected chi connectivity index (χ1v) is 7.48. The largest absolute Gasteiger partial charge is 0.331 e. The van der Waals surface area contributed by atoms with E-state index < -0.39 is 5.41 Å². The van der Waals surface area contributed by atoms with Crippen LogP contribution in [0.2, 0.25) is 0 Å². The quantitative estimate of drug-likeness (QED) is 0.863. The smallest absolute Gasteiger partial charge is 0.239 e. The third-order valence-corrected chi connectivity index (χ3v) is 4.65. The van der Waals surface area contributed by atoms with Crippen LogP contribution in [-0.2, 0) is 4.79 Å². The van der Waals surface area contributed by atoms with Crippen molar-refractivity contribution in [2.45, 2.75) is 6.42 Å². The van der Waals surface area contributed by atoms with Crippen LogP contribution in [0.3, 0.4) is 0 Å². The minimum absolute atomic E-state index is 0.0117. The van der Waals surface area contributed by atoms with Crippen molar-refractivity contribution in [3.8, 4) is 0 Å². The van der Waals surface area contributed by atoms with Gasteiger partial charge in [-0.1, -0.05) is 42.0 Å². The topological polar surface area (TPSA) is 42.0 Å².